The molecule has 0 radical (unpaired) electrons. The van der Waals surface area contributed by atoms with Gasteiger partial charge in [0.05, 0.1) is 0 Å². The van der Waals surface area contributed by atoms with Crippen LogP contribution in [0.25, 0.3) is 0 Å². The van der Waals surface area contributed by atoms with Gasteiger partial charge in [0, 0.05) is 23.2 Å². The van der Waals surface area contributed by atoms with Gasteiger partial charge in [0.15, 0.2) is 11.6 Å². The van der Waals surface area contributed by atoms with Gasteiger partial charge in [-0.05, 0) is 19.1 Å². The highest BCUT2D eigenvalue weighted by Gasteiger charge is 2.10. The van der Waals surface area contributed by atoms with E-state index in [1.165, 1.54) is 24.3 Å². The van der Waals surface area contributed by atoms with Crippen LogP contribution < -0.4 is 10.5 Å². The maximum Gasteiger partial charge on any atom is 0.165 e. The van der Waals surface area contributed by atoms with E-state index in [0.29, 0.717) is 5.56 Å². The van der Waals surface area contributed by atoms with Crippen molar-refractivity contribution in [2.45, 2.75) is 19.6 Å². The molecule has 2 nitrogen and oxygen atoms in total. The molecule has 2 aromatic carbocycles. The fraction of sp³-hybridized carbons (Fsp3) is 0.200. The van der Waals surface area contributed by atoms with Gasteiger partial charge < -0.3 is 10.5 Å². The maximum absolute atomic E-state index is 13.7. The number of halogens is 3. The highest BCUT2D eigenvalue weighted by Crippen LogP contribution is 2.22. The average Bonchev–Trinajstić information content (AvgIpc) is 2.40. The van der Waals surface area contributed by atoms with Crippen molar-refractivity contribution in [3.63, 3.8) is 0 Å². The van der Waals surface area contributed by atoms with Crippen molar-refractivity contribution in [3.8, 4) is 5.75 Å². The van der Waals surface area contributed by atoms with E-state index < -0.39 is 23.5 Å². The summed E-state index contributed by atoms with van der Waals surface area (Å²) >= 11 is 0. The highest BCUT2D eigenvalue weighted by atomic mass is 19.2. The first-order valence-electron chi connectivity index (χ1n) is 6.09. The van der Waals surface area contributed by atoms with Gasteiger partial charge in [-0.2, -0.15) is 0 Å². The van der Waals surface area contributed by atoms with E-state index in [9.17, 15) is 13.2 Å². The Hall–Kier alpha value is -2.01. The molecule has 0 saturated carbocycles. The summed E-state index contributed by atoms with van der Waals surface area (Å²) in [5.41, 5.74) is 6.03. The third kappa shape index (κ3) is 3.11. The van der Waals surface area contributed by atoms with Crippen LogP contribution >= 0.6 is 0 Å². The van der Waals surface area contributed by atoms with Gasteiger partial charge in [-0.3, -0.25) is 0 Å². The largest absolute Gasteiger partial charge is 0.489 e. The highest BCUT2D eigenvalue weighted by molar-refractivity contribution is 5.31. The molecular formula is C15H14F3NO. The molecule has 106 valence electrons. The molecule has 0 aromatic heterocycles. The lowest BCUT2D eigenvalue weighted by atomic mass is 10.1. The number of rotatable bonds is 4. The van der Waals surface area contributed by atoms with Crippen LogP contribution in [0.3, 0.4) is 0 Å². The van der Waals surface area contributed by atoms with Crippen molar-refractivity contribution in [2.24, 2.45) is 5.73 Å². The number of nitrogens with two attached hydrogens (primary N) is 1. The standard InChI is InChI=1S/C15H14F3NO/c1-9(19)12-6-5-11(7-14(12)17)20-8-10-3-2-4-13(16)15(10)18/h2-7,9H,8,19H2,1H3/t9-/m1/s1. The first kappa shape index (κ1) is 14.4. The Balaban J connectivity index is 2.11. The number of hydrogen-bond donors (Lipinski definition) is 1. The Bertz CT molecular complexity index is 614. The second-order valence-corrected chi connectivity index (χ2v) is 4.47. The summed E-state index contributed by atoms with van der Waals surface area (Å²) in [6, 6.07) is 7.62. The van der Waals surface area contributed by atoms with Gasteiger partial charge in [0.2, 0.25) is 0 Å². The van der Waals surface area contributed by atoms with Crippen LogP contribution in [0.1, 0.15) is 24.1 Å². The maximum atomic E-state index is 13.7. The van der Waals surface area contributed by atoms with Crippen LogP contribution in [0, 0.1) is 17.5 Å². The van der Waals surface area contributed by atoms with Crippen LogP contribution in [0.15, 0.2) is 36.4 Å². The molecular weight excluding hydrogens is 267 g/mol. The van der Waals surface area contributed by atoms with E-state index in [1.807, 2.05) is 0 Å². The second-order valence-electron chi connectivity index (χ2n) is 4.47. The number of benzene rings is 2. The molecule has 0 aliphatic heterocycles. The zero-order valence-electron chi connectivity index (χ0n) is 10.9. The van der Waals surface area contributed by atoms with Crippen LogP contribution in [0.5, 0.6) is 5.75 Å². The molecule has 1 atom stereocenters. The van der Waals surface area contributed by atoms with E-state index in [1.54, 1.807) is 13.0 Å². The lowest BCUT2D eigenvalue weighted by molar-refractivity contribution is 0.295. The van der Waals surface area contributed by atoms with Crippen molar-refractivity contribution in [3.05, 3.63) is 65.0 Å². The Kier molecular flexibility index (Phi) is 4.29. The third-order valence-electron chi connectivity index (χ3n) is 2.89. The Morgan fingerprint density at radius 3 is 2.50 bits per heavy atom. The van der Waals surface area contributed by atoms with E-state index in [0.717, 1.165) is 6.07 Å². The molecule has 0 bridgehead atoms. The van der Waals surface area contributed by atoms with Gasteiger partial charge >= 0.3 is 0 Å². The second kappa shape index (κ2) is 5.96. The van der Waals surface area contributed by atoms with Gasteiger partial charge in [0.1, 0.15) is 18.2 Å². The summed E-state index contributed by atoms with van der Waals surface area (Å²) in [4.78, 5) is 0. The summed E-state index contributed by atoms with van der Waals surface area (Å²) < 4.78 is 45.3. The summed E-state index contributed by atoms with van der Waals surface area (Å²) in [5, 5.41) is 0. The van der Waals surface area contributed by atoms with Crippen LogP contribution in [-0.4, -0.2) is 0 Å². The Morgan fingerprint density at radius 1 is 1.10 bits per heavy atom. The zero-order valence-corrected chi connectivity index (χ0v) is 10.9. The monoisotopic (exact) mass is 281 g/mol. The van der Waals surface area contributed by atoms with Crippen molar-refractivity contribution >= 4 is 0 Å². The molecule has 0 heterocycles. The summed E-state index contributed by atoms with van der Waals surface area (Å²) in [6.07, 6.45) is 0. The first-order chi connectivity index (χ1) is 9.49. The van der Waals surface area contributed by atoms with Crippen molar-refractivity contribution < 1.29 is 17.9 Å². The predicted octanol–water partition coefficient (Wildman–Crippen LogP) is 3.70. The quantitative estimate of drug-likeness (QED) is 0.927. The molecule has 0 aliphatic rings. The molecule has 0 spiro atoms. The van der Waals surface area contributed by atoms with Gasteiger partial charge in [-0.15, -0.1) is 0 Å². The topological polar surface area (TPSA) is 35.2 Å². The molecule has 0 saturated heterocycles. The molecule has 2 rings (SSSR count). The Morgan fingerprint density at radius 2 is 1.85 bits per heavy atom. The minimum atomic E-state index is -0.958. The predicted molar refractivity (Wildman–Crippen MR) is 69.7 cm³/mol. The first-order valence-corrected chi connectivity index (χ1v) is 6.09. The lowest BCUT2D eigenvalue weighted by Gasteiger charge is -2.11. The van der Waals surface area contributed by atoms with Crippen molar-refractivity contribution in [2.75, 3.05) is 0 Å². The minimum absolute atomic E-state index is 0.0710. The van der Waals surface area contributed by atoms with E-state index >= 15 is 0 Å². The molecule has 2 aromatic rings. The normalized spacial score (nSPS) is 12.2. The van der Waals surface area contributed by atoms with E-state index in [2.05, 4.69) is 0 Å². The van der Waals surface area contributed by atoms with Gasteiger partial charge in [0.25, 0.3) is 0 Å². The molecule has 0 fully saturated rings. The average molecular weight is 281 g/mol. The molecule has 0 amide bonds. The molecule has 0 unspecified atom stereocenters. The SMILES string of the molecule is C[C@@H](N)c1ccc(OCc2cccc(F)c2F)cc1F. The van der Waals surface area contributed by atoms with Crippen LogP contribution in [0.2, 0.25) is 0 Å². The number of ether oxygens (including phenoxy) is 1. The van der Waals surface area contributed by atoms with Crippen molar-refractivity contribution in [1.82, 2.24) is 0 Å². The fourth-order valence-electron chi connectivity index (χ4n) is 1.79. The van der Waals surface area contributed by atoms with Gasteiger partial charge in [-0.25, -0.2) is 13.2 Å². The lowest BCUT2D eigenvalue weighted by Crippen LogP contribution is -2.07. The van der Waals surface area contributed by atoms with Gasteiger partial charge in [-0.1, -0.05) is 18.2 Å². The summed E-state index contributed by atoms with van der Waals surface area (Å²) in [5.74, 6) is -2.16. The summed E-state index contributed by atoms with van der Waals surface area (Å²) in [7, 11) is 0. The van der Waals surface area contributed by atoms with Crippen LogP contribution in [0.4, 0.5) is 13.2 Å². The van der Waals surface area contributed by atoms with Crippen molar-refractivity contribution in [1.29, 1.82) is 0 Å². The fourth-order valence-corrected chi connectivity index (χ4v) is 1.79. The molecule has 20 heavy (non-hydrogen) atoms. The Labute approximate surface area is 115 Å². The molecule has 5 heteroatoms. The molecule has 0 aliphatic carbocycles. The van der Waals surface area contributed by atoms with E-state index in [-0.39, 0.29) is 17.9 Å². The number of hydrogen-bond acceptors (Lipinski definition) is 2. The third-order valence-corrected chi connectivity index (χ3v) is 2.89. The van der Waals surface area contributed by atoms with E-state index in [4.69, 9.17) is 10.5 Å². The minimum Gasteiger partial charge on any atom is -0.489 e. The molecule has 2 N–H and O–H groups in total. The summed E-state index contributed by atoms with van der Waals surface area (Å²) in [6.45, 7) is 1.49. The smallest absolute Gasteiger partial charge is 0.165 e. The van der Waals surface area contributed by atoms with Crippen LogP contribution in [-0.2, 0) is 6.61 Å². The zero-order chi connectivity index (χ0) is 14.7.